The lowest BCUT2D eigenvalue weighted by atomic mass is 10.1. The molecule has 1 atom stereocenters. The van der Waals surface area contributed by atoms with E-state index in [1.54, 1.807) is 24.9 Å². The van der Waals surface area contributed by atoms with Crippen molar-refractivity contribution >= 4 is 11.8 Å². The van der Waals surface area contributed by atoms with Gasteiger partial charge in [-0.25, -0.2) is 0 Å². The van der Waals surface area contributed by atoms with Gasteiger partial charge in [0.05, 0.1) is 12.7 Å². The molecule has 0 saturated heterocycles. The van der Waals surface area contributed by atoms with Crippen molar-refractivity contribution in [2.45, 2.75) is 13.0 Å². The largest absolute Gasteiger partial charge is 0.368 e. The Morgan fingerprint density at radius 3 is 2.65 bits per heavy atom. The summed E-state index contributed by atoms with van der Waals surface area (Å²) in [6.45, 7) is 2.02. The highest BCUT2D eigenvalue weighted by atomic mass is 16.2. The van der Waals surface area contributed by atoms with Crippen LogP contribution in [0.5, 0.6) is 0 Å². The third kappa shape index (κ3) is 3.28. The number of rotatable bonds is 5. The minimum Gasteiger partial charge on any atom is -0.368 e. The van der Waals surface area contributed by atoms with Crippen LogP contribution in [0.1, 0.15) is 18.5 Å². The first-order valence-electron chi connectivity index (χ1n) is 5.27. The monoisotopic (exact) mass is 239 g/mol. The number of aromatic nitrogens is 2. The molecule has 0 spiro atoms. The summed E-state index contributed by atoms with van der Waals surface area (Å²) >= 11 is 0. The molecule has 2 amide bonds. The van der Waals surface area contributed by atoms with Crippen molar-refractivity contribution in [1.82, 2.24) is 14.7 Å². The molecule has 0 saturated carbocycles. The molecule has 17 heavy (non-hydrogen) atoms. The summed E-state index contributed by atoms with van der Waals surface area (Å²) in [6, 6.07) is -0.817. The van der Waals surface area contributed by atoms with Gasteiger partial charge in [0.2, 0.25) is 11.8 Å². The first kappa shape index (κ1) is 13.2. The summed E-state index contributed by atoms with van der Waals surface area (Å²) in [5.74, 6) is -0.891. The Hall–Kier alpha value is -1.89. The number of nitrogens with two attached hydrogens (primary N) is 2. The topological polar surface area (TPSA) is 107 Å². The number of hydrogen-bond donors (Lipinski definition) is 2. The van der Waals surface area contributed by atoms with E-state index in [1.165, 1.54) is 11.1 Å². The number of amides is 2. The third-order valence-electron chi connectivity index (χ3n) is 2.39. The van der Waals surface area contributed by atoms with Crippen LogP contribution in [0.3, 0.4) is 0 Å². The maximum atomic E-state index is 12.0. The van der Waals surface area contributed by atoms with Crippen molar-refractivity contribution in [1.29, 1.82) is 0 Å². The molecular formula is C10H17N5O2. The van der Waals surface area contributed by atoms with Crippen LogP contribution in [0.25, 0.3) is 0 Å². The predicted molar refractivity (Wildman–Crippen MR) is 61.6 cm³/mol. The second-order valence-electron chi connectivity index (χ2n) is 3.74. The Labute approximate surface area is 99.4 Å². The van der Waals surface area contributed by atoms with Crippen LogP contribution >= 0.6 is 0 Å². The van der Waals surface area contributed by atoms with Gasteiger partial charge in [-0.2, -0.15) is 5.10 Å². The second-order valence-corrected chi connectivity index (χ2v) is 3.74. The Balaban J connectivity index is 2.77. The van der Waals surface area contributed by atoms with Gasteiger partial charge in [-0.15, -0.1) is 0 Å². The Bertz CT molecular complexity index is 415. The van der Waals surface area contributed by atoms with E-state index >= 15 is 0 Å². The van der Waals surface area contributed by atoms with Gasteiger partial charge in [-0.1, -0.05) is 0 Å². The highest BCUT2D eigenvalue weighted by molar-refractivity contribution is 5.87. The van der Waals surface area contributed by atoms with Crippen LogP contribution < -0.4 is 11.5 Å². The molecule has 1 unspecified atom stereocenters. The van der Waals surface area contributed by atoms with E-state index in [9.17, 15) is 9.59 Å². The minimum absolute atomic E-state index is 0.122. The van der Waals surface area contributed by atoms with Crippen molar-refractivity contribution in [3.8, 4) is 0 Å². The standard InChI is InChI=1S/C10H17N5O2/c1-3-15(6-8(11)16)10(17)9(12)7-4-13-14(2)5-7/h4-5,9H,3,6,12H2,1-2H3,(H2,11,16). The van der Waals surface area contributed by atoms with E-state index in [-0.39, 0.29) is 12.5 Å². The van der Waals surface area contributed by atoms with Crippen LogP contribution in [-0.4, -0.2) is 39.6 Å². The van der Waals surface area contributed by atoms with Gasteiger partial charge < -0.3 is 16.4 Å². The lowest BCUT2D eigenvalue weighted by Crippen LogP contribution is -2.43. The van der Waals surface area contributed by atoms with Crippen LogP contribution in [-0.2, 0) is 16.6 Å². The molecule has 0 fully saturated rings. The molecule has 4 N–H and O–H groups in total. The quantitative estimate of drug-likeness (QED) is 0.669. The average Bonchev–Trinajstić information content (AvgIpc) is 2.70. The molecule has 0 aliphatic carbocycles. The van der Waals surface area contributed by atoms with Crippen molar-refractivity contribution in [2.75, 3.05) is 13.1 Å². The number of hydrogen-bond acceptors (Lipinski definition) is 4. The summed E-state index contributed by atoms with van der Waals surface area (Å²) in [6.07, 6.45) is 3.20. The first-order chi connectivity index (χ1) is 7.95. The molecule has 1 heterocycles. The van der Waals surface area contributed by atoms with Crippen LogP contribution in [0.15, 0.2) is 12.4 Å². The number of primary amides is 1. The van der Waals surface area contributed by atoms with E-state index < -0.39 is 11.9 Å². The van der Waals surface area contributed by atoms with E-state index in [0.717, 1.165) is 0 Å². The lowest BCUT2D eigenvalue weighted by molar-refractivity contribution is -0.136. The molecular weight excluding hydrogens is 222 g/mol. The predicted octanol–water partition coefficient (Wildman–Crippen LogP) is -1.25. The average molecular weight is 239 g/mol. The van der Waals surface area contributed by atoms with Gasteiger partial charge in [-0.3, -0.25) is 14.3 Å². The van der Waals surface area contributed by atoms with Gasteiger partial charge in [-0.05, 0) is 6.92 Å². The molecule has 0 aliphatic heterocycles. The molecule has 0 radical (unpaired) electrons. The molecule has 1 rings (SSSR count). The fourth-order valence-corrected chi connectivity index (χ4v) is 1.47. The number of carbonyl (C=O) groups is 2. The minimum atomic E-state index is -0.817. The maximum absolute atomic E-state index is 12.0. The lowest BCUT2D eigenvalue weighted by Gasteiger charge is -2.22. The molecule has 0 aliphatic rings. The Morgan fingerprint density at radius 2 is 2.24 bits per heavy atom. The number of nitrogens with zero attached hydrogens (tertiary/aromatic N) is 3. The van der Waals surface area contributed by atoms with Gasteiger partial charge in [0, 0.05) is 25.4 Å². The van der Waals surface area contributed by atoms with Gasteiger partial charge in [0.1, 0.15) is 6.04 Å². The van der Waals surface area contributed by atoms with Gasteiger partial charge >= 0.3 is 0 Å². The van der Waals surface area contributed by atoms with E-state index in [1.807, 2.05) is 0 Å². The third-order valence-corrected chi connectivity index (χ3v) is 2.39. The first-order valence-corrected chi connectivity index (χ1v) is 5.27. The smallest absolute Gasteiger partial charge is 0.244 e. The van der Waals surface area contributed by atoms with Crippen LogP contribution in [0.2, 0.25) is 0 Å². The SMILES string of the molecule is CCN(CC(N)=O)C(=O)C(N)c1cnn(C)c1. The summed E-state index contributed by atoms with van der Waals surface area (Å²) in [7, 11) is 1.74. The number of carbonyl (C=O) groups excluding carboxylic acids is 2. The van der Waals surface area contributed by atoms with Crippen LogP contribution in [0.4, 0.5) is 0 Å². The molecule has 7 heteroatoms. The van der Waals surface area contributed by atoms with E-state index in [0.29, 0.717) is 12.1 Å². The zero-order valence-electron chi connectivity index (χ0n) is 9.96. The van der Waals surface area contributed by atoms with Crippen LogP contribution in [0, 0.1) is 0 Å². The zero-order chi connectivity index (χ0) is 13.0. The fourth-order valence-electron chi connectivity index (χ4n) is 1.47. The Kier molecular flexibility index (Phi) is 4.22. The summed E-state index contributed by atoms with van der Waals surface area (Å²) in [5.41, 5.74) is 11.5. The number of aryl methyl sites for hydroxylation is 1. The fraction of sp³-hybridized carbons (Fsp3) is 0.500. The highest BCUT2D eigenvalue weighted by Crippen LogP contribution is 2.11. The Morgan fingerprint density at radius 1 is 1.59 bits per heavy atom. The molecule has 1 aromatic heterocycles. The zero-order valence-corrected chi connectivity index (χ0v) is 9.96. The van der Waals surface area contributed by atoms with Gasteiger partial charge in [0.25, 0.3) is 0 Å². The summed E-state index contributed by atoms with van der Waals surface area (Å²) < 4.78 is 1.56. The van der Waals surface area contributed by atoms with Crippen molar-refractivity contribution < 1.29 is 9.59 Å². The van der Waals surface area contributed by atoms with Gasteiger partial charge in [0.15, 0.2) is 0 Å². The second kappa shape index (κ2) is 5.44. The van der Waals surface area contributed by atoms with Crippen molar-refractivity contribution in [3.05, 3.63) is 18.0 Å². The molecule has 0 aromatic carbocycles. The number of likely N-dealkylation sites (N-methyl/N-ethyl adjacent to an activating group) is 1. The van der Waals surface area contributed by atoms with Crippen molar-refractivity contribution in [2.24, 2.45) is 18.5 Å². The normalized spacial score (nSPS) is 12.2. The molecule has 1 aromatic rings. The molecule has 7 nitrogen and oxygen atoms in total. The summed E-state index contributed by atoms with van der Waals surface area (Å²) in [4.78, 5) is 24.1. The molecule has 0 bridgehead atoms. The van der Waals surface area contributed by atoms with E-state index in [4.69, 9.17) is 11.5 Å². The van der Waals surface area contributed by atoms with E-state index in [2.05, 4.69) is 5.10 Å². The highest BCUT2D eigenvalue weighted by Gasteiger charge is 2.23. The van der Waals surface area contributed by atoms with Crippen molar-refractivity contribution in [3.63, 3.8) is 0 Å². The summed E-state index contributed by atoms with van der Waals surface area (Å²) in [5, 5.41) is 3.94. The molecule has 94 valence electrons. The maximum Gasteiger partial charge on any atom is 0.244 e.